The molecule has 1 saturated heterocycles. The SMILES string of the molecule is C[C@H]1CCN(N=O)C[C@H]1N(C)c1ncnc2c1CCN2. The Balaban J connectivity index is 1.86. The maximum atomic E-state index is 10.8. The summed E-state index contributed by atoms with van der Waals surface area (Å²) in [6.07, 6.45) is 3.53. The van der Waals surface area contributed by atoms with Crippen LogP contribution in [-0.4, -0.2) is 47.7 Å². The molecule has 0 aliphatic carbocycles. The summed E-state index contributed by atoms with van der Waals surface area (Å²) < 4.78 is 0. The molecule has 2 aliphatic heterocycles. The van der Waals surface area contributed by atoms with Crippen molar-refractivity contribution < 1.29 is 0 Å². The van der Waals surface area contributed by atoms with E-state index in [1.165, 1.54) is 5.56 Å². The summed E-state index contributed by atoms with van der Waals surface area (Å²) in [5.74, 6) is 2.43. The van der Waals surface area contributed by atoms with Crippen LogP contribution in [-0.2, 0) is 6.42 Å². The predicted octanol–water partition coefficient (Wildman–Crippen LogP) is 1.27. The fourth-order valence-electron chi connectivity index (χ4n) is 3.16. The second-order valence-corrected chi connectivity index (χ2v) is 5.64. The van der Waals surface area contributed by atoms with Crippen molar-refractivity contribution in [3.8, 4) is 0 Å². The van der Waals surface area contributed by atoms with E-state index < -0.39 is 0 Å². The first-order valence-corrected chi connectivity index (χ1v) is 7.09. The number of rotatable bonds is 3. The standard InChI is InChI=1S/C13H20N6O/c1-9-4-6-19(17-20)7-11(9)18(2)13-10-3-5-14-12(10)15-8-16-13/h8-9,11H,3-7H2,1-2H3,(H,14,15,16)/t9-,11+/m0/s1. The van der Waals surface area contributed by atoms with Gasteiger partial charge in [-0.15, -0.1) is 4.91 Å². The van der Waals surface area contributed by atoms with Gasteiger partial charge in [0.05, 0.1) is 17.9 Å². The van der Waals surface area contributed by atoms with E-state index in [-0.39, 0.29) is 6.04 Å². The smallest absolute Gasteiger partial charge is 0.137 e. The molecule has 0 bridgehead atoms. The van der Waals surface area contributed by atoms with Gasteiger partial charge in [0.2, 0.25) is 0 Å². The quantitative estimate of drug-likeness (QED) is 0.838. The van der Waals surface area contributed by atoms with Gasteiger partial charge in [0, 0.05) is 25.7 Å². The van der Waals surface area contributed by atoms with Gasteiger partial charge in [0.15, 0.2) is 0 Å². The topological polar surface area (TPSA) is 73.7 Å². The third-order valence-electron chi connectivity index (χ3n) is 4.43. The van der Waals surface area contributed by atoms with Gasteiger partial charge in [-0.2, -0.15) is 0 Å². The zero-order valence-electron chi connectivity index (χ0n) is 11.9. The summed E-state index contributed by atoms with van der Waals surface area (Å²) in [6, 6.07) is 0.251. The van der Waals surface area contributed by atoms with Crippen molar-refractivity contribution in [2.75, 3.05) is 36.9 Å². The highest BCUT2D eigenvalue weighted by molar-refractivity contribution is 5.62. The molecule has 0 radical (unpaired) electrons. The van der Waals surface area contributed by atoms with E-state index in [0.717, 1.165) is 37.6 Å². The Morgan fingerprint density at radius 1 is 1.50 bits per heavy atom. The van der Waals surface area contributed by atoms with Crippen LogP contribution >= 0.6 is 0 Å². The van der Waals surface area contributed by atoms with Crippen LogP contribution in [0.4, 0.5) is 11.6 Å². The minimum atomic E-state index is 0.251. The van der Waals surface area contributed by atoms with Crippen LogP contribution in [0.15, 0.2) is 11.6 Å². The van der Waals surface area contributed by atoms with E-state index in [4.69, 9.17) is 0 Å². The van der Waals surface area contributed by atoms with Crippen molar-refractivity contribution in [3.05, 3.63) is 16.8 Å². The highest BCUT2D eigenvalue weighted by Gasteiger charge is 2.32. The van der Waals surface area contributed by atoms with Crippen LogP contribution in [0, 0.1) is 10.8 Å². The third kappa shape index (κ3) is 2.17. The molecule has 2 atom stereocenters. The lowest BCUT2D eigenvalue weighted by Crippen LogP contribution is -2.49. The van der Waals surface area contributed by atoms with Gasteiger partial charge in [-0.3, -0.25) is 5.01 Å². The predicted molar refractivity (Wildman–Crippen MR) is 77.6 cm³/mol. The normalized spacial score (nSPS) is 25.0. The van der Waals surface area contributed by atoms with Crippen molar-refractivity contribution >= 4 is 11.6 Å². The highest BCUT2D eigenvalue weighted by atomic mass is 16.3. The zero-order valence-corrected chi connectivity index (χ0v) is 11.9. The summed E-state index contributed by atoms with van der Waals surface area (Å²) in [5.41, 5.74) is 1.18. The van der Waals surface area contributed by atoms with E-state index in [2.05, 4.69) is 39.4 Å². The molecule has 0 spiro atoms. The molecule has 3 heterocycles. The Morgan fingerprint density at radius 3 is 3.15 bits per heavy atom. The fraction of sp³-hybridized carbons (Fsp3) is 0.692. The molecule has 20 heavy (non-hydrogen) atoms. The van der Waals surface area contributed by atoms with E-state index in [9.17, 15) is 4.91 Å². The van der Waals surface area contributed by atoms with E-state index in [1.54, 1.807) is 11.3 Å². The van der Waals surface area contributed by atoms with Crippen LogP contribution < -0.4 is 10.2 Å². The van der Waals surface area contributed by atoms with Gasteiger partial charge in [-0.1, -0.05) is 6.92 Å². The van der Waals surface area contributed by atoms with Crippen molar-refractivity contribution in [3.63, 3.8) is 0 Å². The maximum Gasteiger partial charge on any atom is 0.137 e. The Kier molecular flexibility index (Phi) is 3.42. The van der Waals surface area contributed by atoms with Gasteiger partial charge >= 0.3 is 0 Å². The Bertz CT molecular complexity index is 508. The Morgan fingerprint density at radius 2 is 2.35 bits per heavy atom. The second-order valence-electron chi connectivity index (χ2n) is 5.64. The van der Waals surface area contributed by atoms with E-state index in [1.807, 2.05) is 0 Å². The lowest BCUT2D eigenvalue weighted by atomic mass is 9.93. The van der Waals surface area contributed by atoms with Gasteiger partial charge < -0.3 is 10.2 Å². The van der Waals surface area contributed by atoms with Crippen LogP contribution in [0.3, 0.4) is 0 Å². The number of piperidine rings is 1. The highest BCUT2D eigenvalue weighted by Crippen LogP contribution is 2.31. The molecule has 1 aromatic heterocycles. The number of nitrogens with one attached hydrogen (secondary N) is 1. The molecule has 1 fully saturated rings. The Hall–Kier alpha value is -1.92. The molecule has 1 aromatic rings. The average molecular weight is 276 g/mol. The Labute approximate surface area is 118 Å². The van der Waals surface area contributed by atoms with E-state index in [0.29, 0.717) is 12.5 Å². The molecule has 0 aromatic carbocycles. The van der Waals surface area contributed by atoms with Crippen molar-refractivity contribution in [1.82, 2.24) is 15.0 Å². The number of nitroso groups, excluding NO2 is 1. The lowest BCUT2D eigenvalue weighted by molar-refractivity contribution is 0.169. The molecule has 0 unspecified atom stereocenters. The molecule has 7 nitrogen and oxygen atoms in total. The minimum Gasteiger partial charge on any atom is -0.369 e. The van der Waals surface area contributed by atoms with Crippen LogP contribution in [0.25, 0.3) is 0 Å². The zero-order chi connectivity index (χ0) is 14.1. The molecule has 3 rings (SSSR count). The van der Waals surface area contributed by atoms with Crippen molar-refractivity contribution in [2.45, 2.75) is 25.8 Å². The first-order valence-electron chi connectivity index (χ1n) is 7.09. The van der Waals surface area contributed by atoms with Crippen molar-refractivity contribution in [1.29, 1.82) is 0 Å². The number of aromatic nitrogens is 2. The number of likely N-dealkylation sites (N-methyl/N-ethyl adjacent to an activating group) is 1. The molecular weight excluding hydrogens is 256 g/mol. The van der Waals surface area contributed by atoms with E-state index >= 15 is 0 Å². The number of nitrogens with zero attached hydrogens (tertiary/aromatic N) is 5. The van der Waals surface area contributed by atoms with Crippen LogP contribution in [0.2, 0.25) is 0 Å². The molecule has 1 N–H and O–H groups in total. The summed E-state index contributed by atoms with van der Waals surface area (Å²) in [6.45, 7) is 4.55. The molecule has 0 saturated carbocycles. The number of hydrogen-bond acceptors (Lipinski definition) is 6. The number of hydrogen-bond donors (Lipinski definition) is 1. The van der Waals surface area contributed by atoms with Gasteiger partial charge in [-0.25, -0.2) is 9.97 Å². The molecule has 2 aliphatic rings. The molecular formula is C13H20N6O. The van der Waals surface area contributed by atoms with Crippen molar-refractivity contribution in [2.24, 2.45) is 11.2 Å². The number of anilines is 2. The minimum absolute atomic E-state index is 0.251. The molecule has 7 heteroatoms. The largest absolute Gasteiger partial charge is 0.369 e. The fourth-order valence-corrected chi connectivity index (χ4v) is 3.16. The average Bonchev–Trinajstić information content (AvgIpc) is 2.95. The summed E-state index contributed by atoms with van der Waals surface area (Å²) in [7, 11) is 2.05. The van der Waals surface area contributed by atoms with Crippen LogP contribution in [0.5, 0.6) is 0 Å². The van der Waals surface area contributed by atoms with Gasteiger partial charge in [0.1, 0.15) is 18.0 Å². The maximum absolute atomic E-state index is 10.8. The number of fused-ring (bicyclic) bond motifs is 1. The summed E-state index contributed by atoms with van der Waals surface area (Å²) >= 11 is 0. The molecule has 0 amide bonds. The summed E-state index contributed by atoms with van der Waals surface area (Å²) in [5, 5.41) is 7.98. The summed E-state index contributed by atoms with van der Waals surface area (Å²) in [4.78, 5) is 21.7. The lowest BCUT2D eigenvalue weighted by Gasteiger charge is -2.40. The monoisotopic (exact) mass is 276 g/mol. The van der Waals surface area contributed by atoms with Crippen LogP contribution in [0.1, 0.15) is 18.9 Å². The molecule has 108 valence electrons. The van der Waals surface area contributed by atoms with Gasteiger partial charge in [0.25, 0.3) is 0 Å². The first-order chi connectivity index (χ1) is 9.70. The first kappa shape index (κ1) is 13.1. The third-order valence-corrected chi connectivity index (χ3v) is 4.43. The van der Waals surface area contributed by atoms with Gasteiger partial charge in [-0.05, 0) is 18.8 Å². The second kappa shape index (κ2) is 5.22.